The van der Waals surface area contributed by atoms with E-state index in [2.05, 4.69) is 21.0 Å². The molecule has 0 spiro atoms. The normalized spacial score (nSPS) is 21.5. The maximum absolute atomic E-state index is 13.8. The van der Waals surface area contributed by atoms with Crippen LogP contribution in [0.1, 0.15) is 11.3 Å². The average molecular weight is 443 g/mol. The lowest BCUT2D eigenvalue weighted by molar-refractivity contribution is -0.803. The summed E-state index contributed by atoms with van der Waals surface area (Å²) in [5.74, 6) is 11.2. The second-order valence-electron chi connectivity index (χ2n) is 7.28. The lowest BCUT2D eigenvalue weighted by Gasteiger charge is -2.26. The van der Waals surface area contributed by atoms with Crippen molar-refractivity contribution in [2.24, 2.45) is 20.9 Å². The van der Waals surface area contributed by atoms with Gasteiger partial charge in [0.15, 0.2) is 17.7 Å². The molecule has 0 saturated carbocycles. The quantitative estimate of drug-likeness (QED) is 0.433. The van der Waals surface area contributed by atoms with Crippen LogP contribution in [-0.4, -0.2) is 48.0 Å². The van der Waals surface area contributed by atoms with Gasteiger partial charge < -0.3 is 14.4 Å². The van der Waals surface area contributed by atoms with Gasteiger partial charge in [0, 0.05) is 25.3 Å². The molecule has 2 aromatic rings. The van der Waals surface area contributed by atoms with Crippen molar-refractivity contribution >= 4 is 23.6 Å². The van der Waals surface area contributed by atoms with Crippen molar-refractivity contribution in [1.82, 2.24) is 0 Å². The van der Waals surface area contributed by atoms with Crippen molar-refractivity contribution < 1.29 is 27.4 Å². The topological polar surface area (TPSA) is 99.7 Å². The number of halogens is 3. The zero-order valence-electron chi connectivity index (χ0n) is 17.0. The predicted octanol–water partition coefficient (Wildman–Crippen LogP) is 2.49. The van der Waals surface area contributed by atoms with E-state index in [1.807, 2.05) is 5.92 Å². The number of fused-ring (bicyclic) bond motifs is 1. The van der Waals surface area contributed by atoms with Crippen LogP contribution in [0.4, 0.5) is 18.9 Å². The molecular formula is C21H18F3N6O2+. The van der Waals surface area contributed by atoms with Gasteiger partial charge in [0.1, 0.15) is 6.21 Å². The summed E-state index contributed by atoms with van der Waals surface area (Å²) < 4.78 is 46.0. The van der Waals surface area contributed by atoms with Crippen molar-refractivity contribution in [2.45, 2.75) is 11.8 Å². The van der Waals surface area contributed by atoms with E-state index >= 15 is 0 Å². The van der Waals surface area contributed by atoms with E-state index in [4.69, 9.17) is 10.3 Å². The smallest absolute Gasteiger partial charge is 0.433 e. The molecule has 11 heteroatoms. The lowest BCUT2D eigenvalue weighted by Crippen LogP contribution is -2.50. The van der Waals surface area contributed by atoms with E-state index < -0.39 is 22.0 Å². The number of quaternary nitrogens is 1. The highest BCUT2D eigenvalue weighted by Gasteiger charge is 2.54. The number of furan rings is 1. The number of rotatable bonds is 3. The zero-order valence-corrected chi connectivity index (χ0v) is 17.0. The number of nitrogens with two attached hydrogens (primary N) is 1. The molecule has 0 fully saturated rings. The second kappa shape index (κ2) is 7.45. The highest BCUT2D eigenvalue weighted by molar-refractivity contribution is 6.31. The van der Waals surface area contributed by atoms with Crippen LogP contribution < -0.4 is 10.7 Å². The molecule has 1 aromatic carbocycles. The average Bonchev–Trinajstić information content (AvgIpc) is 3.38. The highest BCUT2D eigenvalue weighted by Crippen LogP contribution is 2.39. The first-order chi connectivity index (χ1) is 15.0. The van der Waals surface area contributed by atoms with Gasteiger partial charge in [-0.05, 0) is 45.9 Å². The van der Waals surface area contributed by atoms with Crippen molar-refractivity contribution in [3.63, 3.8) is 0 Å². The maximum Gasteiger partial charge on any atom is 0.433 e. The van der Waals surface area contributed by atoms with E-state index in [1.165, 1.54) is 42.9 Å². The number of aliphatic imine (C=N–C) groups is 2. The Morgan fingerprint density at radius 2 is 1.88 bits per heavy atom. The molecule has 4 rings (SSSR count). The largest absolute Gasteiger partial charge is 0.461 e. The third-order valence-corrected chi connectivity index (χ3v) is 4.81. The molecule has 0 bridgehead atoms. The van der Waals surface area contributed by atoms with Gasteiger partial charge in [0.05, 0.1) is 6.26 Å². The van der Waals surface area contributed by atoms with Crippen molar-refractivity contribution in [3.8, 4) is 11.8 Å². The molecule has 2 aliphatic heterocycles. The second-order valence-corrected chi connectivity index (χ2v) is 7.28. The molecule has 0 amide bonds. The third kappa shape index (κ3) is 3.71. The predicted molar refractivity (Wildman–Crippen MR) is 112 cm³/mol. The van der Waals surface area contributed by atoms with Gasteiger partial charge in [0.2, 0.25) is 5.60 Å². The Bertz CT molecular complexity index is 1220. The summed E-state index contributed by atoms with van der Waals surface area (Å²) in [6.07, 6.45) is -1.13. The molecule has 2 unspecified atom stereocenters. The third-order valence-electron chi connectivity index (χ3n) is 4.81. The Morgan fingerprint density at radius 1 is 1.16 bits per heavy atom. The summed E-state index contributed by atoms with van der Waals surface area (Å²) in [7, 11) is 3.50. The van der Waals surface area contributed by atoms with Gasteiger partial charge in [-0.3, -0.25) is 0 Å². The van der Waals surface area contributed by atoms with Gasteiger partial charge in [-0.1, -0.05) is 12.1 Å². The molecule has 0 saturated heterocycles. The number of aliphatic hydroxyl groups is 1. The Hall–Kier alpha value is -3.72. The Balaban J connectivity index is 1.69. The summed E-state index contributed by atoms with van der Waals surface area (Å²) in [5, 5.41) is 14.7. The van der Waals surface area contributed by atoms with Gasteiger partial charge in [-0.2, -0.15) is 18.2 Å². The molecule has 164 valence electrons. The van der Waals surface area contributed by atoms with Gasteiger partial charge in [-0.25, -0.2) is 4.99 Å². The van der Waals surface area contributed by atoms with Crippen LogP contribution in [-0.2, 0) is 5.60 Å². The van der Waals surface area contributed by atoms with Crippen LogP contribution in [0.25, 0.3) is 0 Å². The molecule has 3 N–H and O–H groups in total. The van der Waals surface area contributed by atoms with Crippen LogP contribution >= 0.6 is 0 Å². The van der Waals surface area contributed by atoms with E-state index in [0.29, 0.717) is 11.4 Å². The lowest BCUT2D eigenvalue weighted by atomic mass is 9.93. The van der Waals surface area contributed by atoms with Crippen LogP contribution in [0.3, 0.4) is 0 Å². The number of hydrogen-bond donors (Lipinski definition) is 2. The summed E-state index contributed by atoms with van der Waals surface area (Å²) in [5.41, 5.74) is -3.26. The monoisotopic (exact) mass is 443 g/mol. The summed E-state index contributed by atoms with van der Waals surface area (Å²) in [6, 6.07) is 8.57. The molecule has 32 heavy (non-hydrogen) atoms. The van der Waals surface area contributed by atoms with Crippen molar-refractivity contribution in [1.29, 1.82) is 0 Å². The van der Waals surface area contributed by atoms with E-state index in [1.54, 1.807) is 31.1 Å². The minimum atomic E-state index is -5.06. The number of amidine groups is 2. The van der Waals surface area contributed by atoms with Gasteiger partial charge in [-0.15, -0.1) is 5.84 Å². The van der Waals surface area contributed by atoms with Crippen LogP contribution in [0.15, 0.2) is 74.1 Å². The Labute approximate surface area is 181 Å². The summed E-state index contributed by atoms with van der Waals surface area (Å²) in [4.78, 5) is 9.94. The zero-order chi connectivity index (χ0) is 23.1. The molecule has 0 aliphatic carbocycles. The maximum atomic E-state index is 13.8. The standard InChI is InChI=1S/C21H18F3N6O2/c1-29(2)16-7-5-14(6-8-16)20(31,21(22,23)24)10-9-15-13-30(25)18(12-26-15)27-19(28-30)17-4-3-11-32-17/h3-8,11-13,31H,25H2,1-2H3/q+1. The number of alkyl halides is 3. The SMILES string of the molecule is CN(C)c1ccc(C(O)(C#CC2=C[N+]3(N)N=C(c4ccco4)N=C3C=N2)C(F)(F)F)cc1. The number of anilines is 1. The summed E-state index contributed by atoms with van der Waals surface area (Å²) in [6.45, 7) is 0. The van der Waals surface area contributed by atoms with E-state index in [-0.39, 0.29) is 17.4 Å². The molecule has 8 nitrogen and oxygen atoms in total. The Morgan fingerprint density at radius 3 is 2.47 bits per heavy atom. The van der Waals surface area contributed by atoms with Crippen LogP contribution in [0, 0.1) is 11.8 Å². The highest BCUT2D eigenvalue weighted by atomic mass is 19.4. The molecule has 1 aromatic heterocycles. The molecule has 2 aliphatic rings. The van der Waals surface area contributed by atoms with E-state index in [0.717, 1.165) is 0 Å². The number of hydrogen-bond acceptors (Lipinski definition) is 7. The fraction of sp³-hybridized carbons (Fsp3) is 0.190. The Kier molecular flexibility index (Phi) is 5.01. The number of allylic oxidation sites excluding steroid dienone is 1. The molecule has 3 heterocycles. The first-order valence-corrected chi connectivity index (χ1v) is 9.30. The van der Waals surface area contributed by atoms with Crippen LogP contribution in [0.5, 0.6) is 0 Å². The van der Waals surface area contributed by atoms with E-state index in [9.17, 15) is 18.3 Å². The van der Waals surface area contributed by atoms with Crippen molar-refractivity contribution in [3.05, 3.63) is 65.9 Å². The number of benzene rings is 1. The molecule has 0 radical (unpaired) electrons. The molecule has 2 atom stereocenters. The minimum Gasteiger partial charge on any atom is -0.461 e. The minimum absolute atomic E-state index is 0.108. The van der Waals surface area contributed by atoms with Crippen LogP contribution in [0.2, 0.25) is 0 Å². The molecular weight excluding hydrogens is 425 g/mol. The van der Waals surface area contributed by atoms with Crippen molar-refractivity contribution in [2.75, 3.05) is 19.0 Å². The van der Waals surface area contributed by atoms with Gasteiger partial charge >= 0.3 is 6.18 Å². The fourth-order valence-electron chi connectivity index (χ4n) is 3.02. The van der Waals surface area contributed by atoms with Gasteiger partial charge in [0.25, 0.3) is 11.7 Å². The summed E-state index contributed by atoms with van der Waals surface area (Å²) >= 11 is 0. The first-order valence-electron chi connectivity index (χ1n) is 9.30. The fourth-order valence-corrected chi connectivity index (χ4v) is 3.02. The number of nitrogens with zero attached hydrogens (tertiary/aromatic N) is 5. The first kappa shape index (κ1) is 21.5.